The molecule has 2 rings (SSSR count). The predicted octanol–water partition coefficient (Wildman–Crippen LogP) is 3.64. The van der Waals surface area contributed by atoms with E-state index in [2.05, 4.69) is 29.1 Å². The molecule has 3 N–H and O–H groups in total. The molecular formula is C15H28N4. The molecule has 0 aliphatic heterocycles. The quantitative estimate of drug-likeness (QED) is 0.875. The first-order chi connectivity index (χ1) is 9.20. The van der Waals surface area contributed by atoms with Crippen LogP contribution in [0.1, 0.15) is 59.1 Å². The number of rotatable bonds is 3. The van der Waals surface area contributed by atoms with Gasteiger partial charge in [0.2, 0.25) is 0 Å². The molecular weight excluding hydrogens is 236 g/mol. The Hall–Kier alpha value is -1.32. The SMILES string of the molecule is CC.CCc1ncnc(NC2CCCC(C)C2)c1N. The van der Waals surface area contributed by atoms with Crippen molar-refractivity contribution in [1.29, 1.82) is 0 Å². The Morgan fingerprint density at radius 3 is 2.68 bits per heavy atom. The Morgan fingerprint density at radius 2 is 2.05 bits per heavy atom. The van der Waals surface area contributed by atoms with Gasteiger partial charge in [0.1, 0.15) is 6.33 Å². The van der Waals surface area contributed by atoms with E-state index in [-0.39, 0.29) is 0 Å². The first-order valence-electron chi connectivity index (χ1n) is 7.56. The monoisotopic (exact) mass is 264 g/mol. The molecule has 0 radical (unpaired) electrons. The Morgan fingerprint density at radius 1 is 1.32 bits per heavy atom. The van der Waals surface area contributed by atoms with Crippen LogP contribution in [-0.4, -0.2) is 16.0 Å². The summed E-state index contributed by atoms with van der Waals surface area (Å²) in [5.41, 5.74) is 7.71. The van der Waals surface area contributed by atoms with Crippen molar-refractivity contribution in [3.05, 3.63) is 12.0 Å². The van der Waals surface area contributed by atoms with E-state index in [0.29, 0.717) is 11.7 Å². The summed E-state index contributed by atoms with van der Waals surface area (Å²) in [4.78, 5) is 8.45. The van der Waals surface area contributed by atoms with Crippen molar-refractivity contribution in [2.24, 2.45) is 5.92 Å². The molecule has 4 heteroatoms. The van der Waals surface area contributed by atoms with Crippen LogP contribution < -0.4 is 11.1 Å². The lowest BCUT2D eigenvalue weighted by Gasteiger charge is -2.28. The van der Waals surface area contributed by atoms with Gasteiger partial charge >= 0.3 is 0 Å². The lowest BCUT2D eigenvalue weighted by molar-refractivity contribution is 0.358. The number of aryl methyl sites for hydroxylation is 1. The number of anilines is 2. The van der Waals surface area contributed by atoms with Crippen molar-refractivity contribution in [3.8, 4) is 0 Å². The van der Waals surface area contributed by atoms with Crippen molar-refractivity contribution in [2.75, 3.05) is 11.1 Å². The van der Waals surface area contributed by atoms with Gasteiger partial charge in [-0.3, -0.25) is 0 Å². The molecule has 19 heavy (non-hydrogen) atoms. The number of nitrogens with zero attached hydrogens (tertiary/aromatic N) is 2. The molecule has 1 aliphatic carbocycles. The molecule has 1 aromatic heterocycles. The third-order valence-electron chi connectivity index (χ3n) is 3.58. The Kier molecular flexibility index (Phi) is 6.60. The maximum Gasteiger partial charge on any atom is 0.153 e. The number of nitrogen functional groups attached to an aromatic ring is 1. The van der Waals surface area contributed by atoms with Gasteiger partial charge < -0.3 is 11.1 Å². The van der Waals surface area contributed by atoms with Crippen LogP contribution in [0.5, 0.6) is 0 Å². The molecule has 108 valence electrons. The van der Waals surface area contributed by atoms with Crippen LogP contribution in [0, 0.1) is 5.92 Å². The minimum absolute atomic E-state index is 0.514. The molecule has 1 heterocycles. The predicted molar refractivity (Wildman–Crippen MR) is 82.2 cm³/mol. The molecule has 1 aromatic rings. The molecule has 2 unspecified atom stereocenters. The van der Waals surface area contributed by atoms with Gasteiger partial charge in [-0.05, 0) is 25.2 Å². The summed E-state index contributed by atoms with van der Waals surface area (Å²) in [7, 11) is 0. The molecule has 0 aromatic carbocycles. The number of aromatic nitrogens is 2. The Labute approximate surface area is 117 Å². The highest BCUT2D eigenvalue weighted by atomic mass is 15.1. The Bertz CT molecular complexity index is 378. The summed E-state index contributed by atoms with van der Waals surface area (Å²) in [5, 5.41) is 3.48. The molecule has 0 bridgehead atoms. The normalized spacial score (nSPS) is 22.3. The van der Waals surface area contributed by atoms with Gasteiger partial charge in [-0.15, -0.1) is 0 Å². The first-order valence-corrected chi connectivity index (χ1v) is 7.56. The Balaban J connectivity index is 0.000000861. The molecule has 1 saturated carbocycles. The van der Waals surface area contributed by atoms with E-state index in [1.165, 1.54) is 25.7 Å². The topological polar surface area (TPSA) is 63.8 Å². The van der Waals surface area contributed by atoms with Crippen LogP contribution in [0.4, 0.5) is 11.5 Å². The minimum Gasteiger partial charge on any atom is -0.394 e. The summed E-state index contributed by atoms with van der Waals surface area (Å²) in [5.74, 6) is 1.62. The van der Waals surface area contributed by atoms with E-state index < -0.39 is 0 Å². The number of nitrogens with two attached hydrogens (primary N) is 1. The van der Waals surface area contributed by atoms with E-state index in [1.807, 2.05) is 13.8 Å². The fourth-order valence-electron chi connectivity index (χ4n) is 2.59. The zero-order valence-corrected chi connectivity index (χ0v) is 12.7. The van der Waals surface area contributed by atoms with Crippen molar-refractivity contribution >= 4 is 11.5 Å². The molecule has 0 amide bonds. The standard InChI is InChI=1S/C13H22N4.C2H6/c1-3-11-12(14)13(16-8-15-11)17-10-6-4-5-9(2)7-10;1-2/h8-10H,3-7,14H2,1-2H3,(H,15,16,17);1-2H3. The molecule has 4 nitrogen and oxygen atoms in total. The molecule has 0 saturated heterocycles. The molecule has 1 fully saturated rings. The maximum atomic E-state index is 6.06. The van der Waals surface area contributed by atoms with Crippen LogP contribution in [0.25, 0.3) is 0 Å². The zero-order chi connectivity index (χ0) is 14.3. The van der Waals surface area contributed by atoms with Gasteiger partial charge in [-0.25, -0.2) is 9.97 Å². The second-order valence-electron chi connectivity index (χ2n) is 5.05. The summed E-state index contributed by atoms with van der Waals surface area (Å²) in [6, 6.07) is 0.514. The summed E-state index contributed by atoms with van der Waals surface area (Å²) in [6.07, 6.45) is 7.52. The van der Waals surface area contributed by atoms with Crippen molar-refractivity contribution in [1.82, 2.24) is 9.97 Å². The van der Waals surface area contributed by atoms with E-state index in [9.17, 15) is 0 Å². The fraction of sp³-hybridized carbons (Fsp3) is 0.733. The average Bonchev–Trinajstić information content (AvgIpc) is 2.43. The van der Waals surface area contributed by atoms with Crippen LogP contribution >= 0.6 is 0 Å². The largest absolute Gasteiger partial charge is 0.394 e. The van der Waals surface area contributed by atoms with Crippen LogP contribution in [0.2, 0.25) is 0 Å². The number of nitrogens with one attached hydrogen (secondary N) is 1. The molecule has 0 spiro atoms. The second kappa shape index (κ2) is 7.97. The summed E-state index contributed by atoms with van der Waals surface area (Å²) < 4.78 is 0. The lowest BCUT2D eigenvalue weighted by atomic mass is 9.87. The van der Waals surface area contributed by atoms with Crippen molar-refractivity contribution < 1.29 is 0 Å². The molecule has 1 aliphatic rings. The number of hydrogen-bond acceptors (Lipinski definition) is 4. The third-order valence-corrected chi connectivity index (χ3v) is 3.58. The van der Waals surface area contributed by atoms with E-state index >= 15 is 0 Å². The highest BCUT2D eigenvalue weighted by Gasteiger charge is 2.20. The van der Waals surface area contributed by atoms with Gasteiger partial charge in [0.15, 0.2) is 5.82 Å². The van der Waals surface area contributed by atoms with Crippen molar-refractivity contribution in [3.63, 3.8) is 0 Å². The van der Waals surface area contributed by atoms with Gasteiger partial charge in [0, 0.05) is 6.04 Å². The highest BCUT2D eigenvalue weighted by molar-refractivity contribution is 5.63. The van der Waals surface area contributed by atoms with Crippen LogP contribution in [0.15, 0.2) is 6.33 Å². The van der Waals surface area contributed by atoms with E-state index in [1.54, 1.807) is 6.33 Å². The highest BCUT2D eigenvalue weighted by Crippen LogP contribution is 2.27. The maximum absolute atomic E-state index is 6.06. The van der Waals surface area contributed by atoms with Crippen LogP contribution in [-0.2, 0) is 6.42 Å². The average molecular weight is 264 g/mol. The number of hydrogen-bond donors (Lipinski definition) is 2. The lowest BCUT2D eigenvalue weighted by Crippen LogP contribution is -2.27. The first kappa shape index (κ1) is 15.7. The second-order valence-corrected chi connectivity index (χ2v) is 5.05. The van der Waals surface area contributed by atoms with Gasteiger partial charge in [-0.1, -0.05) is 40.5 Å². The third kappa shape index (κ3) is 4.37. The summed E-state index contributed by atoms with van der Waals surface area (Å²) >= 11 is 0. The van der Waals surface area contributed by atoms with Gasteiger partial charge in [0.25, 0.3) is 0 Å². The smallest absolute Gasteiger partial charge is 0.153 e. The van der Waals surface area contributed by atoms with E-state index in [0.717, 1.165) is 23.9 Å². The van der Waals surface area contributed by atoms with Crippen molar-refractivity contribution in [2.45, 2.75) is 65.8 Å². The summed E-state index contributed by atoms with van der Waals surface area (Å²) in [6.45, 7) is 8.37. The van der Waals surface area contributed by atoms with E-state index in [4.69, 9.17) is 5.73 Å². The van der Waals surface area contributed by atoms with Gasteiger partial charge in [-0.2, -0.15) is 0 Å². The van der Waals surface area contributed by atoms with Crippen LogP contribution in [0.3, 0.4) is 0 Å². The zero-order valence-electron chi connectivity index (χ0n) is 12.7. The molecule has 2 atom stereocenters. The minimum atomic E-state index is 0.514. The van der Waals surface area contributed by atoms with Gasteiger partial charge in [0.05, 0.1) is 11.4 Å². The fourth-order valence-corrected chi connectivity index (χ4v) is 2.59.